The predicted molar refractivity (Wildman–Crippen MR) is 45.2 cm³/mol. The molecule has 2 nitrogen and oxygen atoms in total. The molecule has 0 bridgehead atoms. The number of hydrogen-bond acceptors (Lipinski definition) is 2. The molecule has 0 aliphatic carbocycles. The molecule has 1 aromatic carbocycles. The third kappa shape index (κ3) is 1.95. The van der Waals surface area contributed by atoms with Crippen molar-refractivity contribution < 1.29 is 13.3 Å². The van der Waals surface area contributed by atoms with Gasteiger partial charge in [-0.1, -0.05) is 0 Å². The molecule has 1 unspecified atom stereocenters. The molecule has 0 heterocycles. The Morgan fingerprint density at radius 1 is 1.58 bits per heavy atom. The second kappa shape index (κ2) is 3.87. The molecule has 5 heteroatoms. The van der Waals surface area contributed by atoms with Gasteiger partial charge in [-0.15, -0.1) is 0 Å². The van der Waals surface area contributed by atoms with Crippen LogP contribution >= 0.6 is 10.7 Å². The van der Waals surface area contributed by atoms with Crippen LogP contribution in [-0.4, -0.2) is 11.3 Å². The summed E-state index contributed by atoms with van der Waals surface area (Å²) in [6, 6.07) is 3.68. The van der Waals surface area contributed by atoms with E-state index in [1.807, 2.05) is 0 Å². The molecule has 0 aliphatic rings. The van der Waals surface area contributed by atoms with Crippen molar-refractivity contribution in [1.82, 2.24) is 0 Å². The third-order valence-electron chi connectivity index (χ3n) is 1.30. The summed E-state index contributed by atoms with van der Waals surface area (Å²) in [5.41, 5.74) is 0. The van der Waals surface area contributed by atoms with Crippen molar-refractivity contribution in [2.75, 3.05) is 7.11 Å². The first-order chi connectivity index (χ1) is 5.65. The first-order valence-corrected chi connectivity index (χ1v) is 5.04. The van der Waals surface area contributed by atoms with Gasteiger partial charge in [0.05, 0.1) is 12.0 Å². The monoisotopic (exact) mass is 208 g/mol. The Bertz CT molecular complexity index is 316. The van der Waals surface area contributed by atoms with Crippen LogP contribution in [0.2, 0.25) is 0 Å². The molecular formula is C7H6ClFO2S. The van der Waals surface area contributed by atoms with Crippen LogP contribution in [0.15, 0.2) is 23.1 Å². The second-order valence-corrected chi connectivity index (χ2v) is 3.75. The minimum atomic E-state index is -1.74. The second-order valence-electron chi connectivity index (χ2n) is 2.02. The van der Waals surface area contributed by atoms with Gasteiger partial charge in [-0.3, -0.25) is 0 Å². The molecule has 0 saturated carbocycles. The SMILES string of the molecule is COc1ccc(F)cc1S(=O)Cl. The van der Waals surface area contributed by atoms with Gasteiger partial charge in [-0.2, -0.15) is 0 Å². The average molecular weight is 209 g/mol. The van der Waals surface area contributed by atoms with E-state index in [1.54, 1.807) is 0 Å². The molecule has 66 valence electrons. The smallest absolute Gasteiger partial charge is 0.151 e. The van der Waals surface area contributed by atoms with Crippen LogP contribution in [0.3, 0.4) is 0 Å². The normalized spacial score (nSPS) is 12.6. The maximum absolute atomic E-state index is 12.6. The zero-order valence-electron chi connectivity index (χ0n) is 6.21. The topological polar surface area (TPSA) is 26.3 Å². The van der Waals surface area contributed by atoms with E-state index in [0.717, 1.165) is 6.07 Å². The summed E-state index contributed by atoms with van der Waals surface area (Å²) in [4.78, 5) is 0.152. The maximum atomic E-state index is 12.6. The molecule has 0 amide bonds. The van der Waals surface area contributed by atoms with Gasteiger partial charge in [-0.25, -0.2) is 8.60 Å². The largest absolute Gasteiger partial charge is 0.495 e. The predicted octanol–water partition coefficient (Wildman–Crippen LogP) is 2.10. The van der Waals surface area contributed by atoms with Crippen molar-refractivity contribution in [3.05, 3.63) is 24.0 Å². The van der Waals surface area contributed by atoms with Crippen LogP contribution < -0.4 is 4.74 Å². The fraction of sp³-hybridized carbons (Fsp3) is 0.143. The molecule has 0 saturated heterocycles. The average Bonchev–Trinajstić information content (AvgIpc) is 2.04. The summed E-state index contributed by atoms with van der Waals surface area (Å²) in [6.45, 7) is 0. The van der Waals surface area contributed by atoms with E-state index in [0.29, 0.717) is 5.75 Å². The molecule has 0 radical (unpaired) electrons. The van der Waals surface area contributed by atoms with E-state index in [4.69, 9.17) is 15.4 Å². The first kappa shape index (κ1) is 9.48. The van der Waals surface area contributed by atoms with Gasteiger partial charge in [0.1, 0.15) is 11.6 Å². The molecule has 1 rings (SSSR count). The Labute approximate surface area is 76.3 Å². The van der Waals surface area contributed by atoms with E-state index < -0.39 is 15.8 Å². The molecule has 0 aromatic heterocycles. The van der Waals surface area contributed by atoms with Crippen molar-refractivity contribution in [3.8, 4) is 5.75 Å². The Morgan fingerprint density at radius 2 is 2.25 bits per heavy atom. The van der Waals surface area contributed by atoms with Gasteiger partial charge in [0.25, 0.3) is 0 Å². The van der Waals surface area contributed by atoms with Gasteiger partial charge in [-0.05, 0) is 28.9 Å². The number of hydrogen-bond donors (Lipinski definition) is 0. The van der Waals surface area contributed by atoms with Gasteiger partial charge in [0.15, 0.2) is 10.0 Å². The molecule has 0 spiro atoms. The first-order valence-electron chi connectivity index (χ1n) is 3.06. The highest BCUT2D eigenvalue weighted by molar-refractivity contribution is 8.08. The van der Waals surface area contributed by atoms with Crippen molar-refractivity contribution in [1.29, 1.82) is 0 Å². The molecule has 0 N–H and O–H groups in total. The lowest BCUT2D eigenvalue weighted by Gasteiger charge is -2.03. The quantitative estimate of drug-likeness (QED) is 0.696. The molecule has 1 aromatic rings. The fourth-order valence-electron chi connectivity index (χ4n) is 0.776. The van der Waals surface area contributed by atoms with Crippen LogP contribution in [0.1, 0.15) is 0 Å². The van der Waals surface area contributed by atoms with E-state index in [2.05, 4.69) is 0 Å². The highest BCUT2D eigenvalue weighted by atomic mass is 35.7. The minimum absolute atomic E-state index is 0.152. The number of benzene rings is 1. The van der Waals surface area contributed by atoms with Gasteiger partial charge < -0.3 is 4.74 Å². The minimum Gasteiger partial charge on any atom is -0.495 e. The van der Waals surface area contributed by atoms with E-state index >= 15 is 0 Å². The lowest BCUT2D eigenvalue weighted by atomic mass is 10.3. The summed E-state index contributed by atoms with van der Waals surface area (Å²) < 4.78 is 28.2. The number of halogens is 2. The summed E-state index contributed by atoms with van der Waals surface area (Å²) in [5, 5.41) is 0. The molecule has 0 fully saturated rings. The number of methoxy groups -OCH3 is 1. The van der Waals surface area contributed by atoms with Crippen LogP contribution in [0.5, 0.6) is 5.75 Å². The number of ether oxygens (including phenoxy) is 1. The summed E-state index contributed by atoms with van der Waals surface area (Å²) in [6.07, 6.45) is 0. The molecule has 0 aliphatic heterocycles. The van der Waals surface area contributed by atoms with Gasteiger partial charge in [0.2, 0.25) is 0 Å². The third-order valence-corrected chi connectivity index (χ3v) is 2.46. The Hall–Kier alpha value is -0.610. The Balaban J connectivity index is 3.21. The highest BCUT2D eigenvalue weighted by Gasteiger charge is 2.08. The van der Waals surface area contributed by atoms with Crippen LogP contribution in [0.25, 0.3) is 0 Å². The van der Waals surface area contributed by atoms with Crippen molar-refractivity contribution in [2.24, 2.45) is 0 Å². The van der Waals surface area contributed by atoms with Crippen molar-refractivity contribution in [2.45, 2.75) is 4.90 Å². The molecular weight excluding hydrogens is 203 g/mol. The summed E-state index contributed by atoms with van der Waals surface area (Å²) in [5.74, 6) is -0.162. The van der Waals surface area contributed by atoms with Crippen LogP contribution in [0, 0.1) is 5.82 Å². The van der Waals surface area contributed by atoms with E-state index in [9.17, 15) is 8.60 Å². The summed E-state index contributed by atoms with van der Waals surface area (Å²) >= 11 is 0. The Morgan fingerprint density at radius 3 is 2.75 bits per heavy atom. The van der Waals surface area contributed by atoms with Gasteiger partial charge in [0, 0.05) is 0 Å². The summed E-state index contributed by atoms with van der Waals surface area (Å²) in [7, 11) is 4.94. The Kier molecular flexibility index (Phi) is 3.05. The van der Waals surface area contributed by atoms with Gasteiger partial charge >= 0.3 is 0 Å². The highest BCUT2D eigenvalue weighted by Crippen LogP contribution is 2.24. The molecule has 1 atom stereocenters. The zero-order valence-corrected chi connectivity index (χ0v) is 7.79. The van der Waals surface area contributed by atoms with Crippen molar-refractivity contribution >= 4 is 20.7 Å². The molecule has 12 heavy (non-hydrogen) atoms. The zero-order chi connectivity index (χ0) is 9.14. The fourth-order valence-corrected chi connectivity index (χ4v) is 1.65. The van der Waals surface area contributed by atoms with Crippen LogP contribution in [-0.2, 0) is 10.0 Å². The lowest BCUT2D eigenvalue weighted by molar-refractivity contribution is 0.402. The lowest BCUT2D eigenvalue weighted by Crippen LogP contribution is -1.91. The standard InChI is InChI=1S/C7H6ClFO2S/c1-11-6-3-2-5(9)4-7(6)12(8)10/h2-4H,1H3. The van der Waals surface area contributed by atoms with E-state index in [-0.39, 0.29) is 4.90 Å². The van der Waals surface area contributed by atoms with Crippen LogP contribution in [0.4, 0.5) is 4.39 Å². The number of rotatable bonds is 2. The van der Waals surface area contributed by atoms with Crippen molar-refractivity contribution in [3.63, 3.8) is 0 Å². The maximum Gasteiger partial charge on any atom is 0.151 e. The van der Waals surface area contributed by atoms with E-state index in [1.165, 1.54) is 19.2 Å².